The lowest BCUT2D eigenvalue weighted by Gasteiger charge is -2.35. The third kappa shape index (κ3) is 4.00. The van der Waals surface area contributed by atoms with Crippen molar-refractivity contribution in [2.75, 3.05) is 45.3 Å². The molecule has 27 heavy (non-hydrogen) atoms. The Morgan fingerprint density at radius 3 is 2.07 bits per heavy atom. The first-order valence-corrected chi connectivity index (χ1v) is 10.4. The third-order valence-electron chi connectivity index (χ3n) is 4.73. The van der Waals surface area contributed by atoms with E-state index in [0.29, 0.717) is 42.7 Å². The van der Waals surface area contributed by atoms with Crippen LogP contribution >= 0.6 is 11.6 Å². The van der Waals surface area contributed by atoms with Gasteiger partial charge in [0.25, 0.3) is 0 Å². The second kappa shape index (κ2) is 7.96. The summed E-state index contributed by atoms with van der Waals surface area (Å²) in [7, 11) is -0.691. The Morgan fingerprint density at radius 1 is 0.926 bits per heavy atom. The summed E-state index contributed by atoms with van der Waals surface area (Å²) in [6.07, 6.45) is 0. The molecule has 2 aromatic rings. The van der Waals surface area contributed by atoms with E-state index in [2.05, 4.69) is 4.90 Å². The van der Waals surface area contributed by atoms with E-state index in [1.165, 1.54) is 24.6 Å². The second-order valence-electron chi connectivity index (χ2n) is 6.34. The summed E-state index contributed by atoms with van der Waals surface area (Å²) in [6.45, 7) is 3.84. The maximum atomic E-state index is 13.2. The van der Waals surface area contributed by atoms with Crippen molar-refractivity contribution in [3.8, 4) is 11.5 Å². The molecule has 6 nitrogen and oxygen atoms in total. The van der Waals surface area contributed by atoms with E-state index < -0.39 is 10.0 Å². The summed E-state index contributed by atoms with van der Waals surface area (Å²) in [5.74, 6) is 0.850. The molecule has 1 fully saturated rings. The van der Waals surface area contributed by atoms with Crippen molar-refractivity contribution in [1.29, 1.82) is 0 Å². The number of piperazine rings is 1. The predicted molar refractivity (Wildman–Crippen MR) is 107 cm³/mol. The average molecular weight is 411 g/mol. The van der Waals surface area contributed by atoms with Gasteiger partial charge in [-0.2, -0.15) is 4.31 Å². The molecule has 0 spiro atoms. The molecule has 2 aromatic carbocycles. The van der Waals surface area contributed by atoms with Gasteiger partial charge in [-0.3, -0.25) is 0 Å². The molecule has 1 aliphatic heterocycles. The van der Waals surface area contributed by atoms with Crippen LogP contribution in [0.4, 0.5) is 5.69 Å². The van der Waals surface area contributed by atoms with Gasteiger partial charge < -0.3 is 14.4 Å². The maximum Gasteiger partial charge on any atom is 0.247 e. The van der Waals surface area contributed by atoms with Gasteiger partial charge in [0.1, 0.15) is 16.4 Å². The van der Waals surface area contributed by atoms with Crippen molar-refractivity contribution in [2.45, 2.75) is 11.8 Å². The molecule has 1 heterocycles. The van der Waals surface area contributed by atoms with Gasteiger partial charge in [0, 0.05) is 43.0 Å². The minimum Gasteiger partial charge on any atom is -0.496 e. The summed E-state index contributed by atoms with van der Waals surface area (Å²) in [6, 6.07) is 10.8. The van der Waals surface area contributed by atoms with Crippen LogP contribution in [0.25, 0.3) is 0 Å². The smallest absolute Gasteiger partial charge is 0.247 e. The monoisotopic (exact) mass is 410 g/mol. The highest BCUT2D eigenvalue weighted by Crippen LogP contribution is 2.34. The van der Waals surface area contributed by atoms with E-state index >= 15 is 0 Å². The number of hydrogen-bond acceptors (Lipinski definition) is 5. The van der Waals surface area contributed by atoms with Gasteiger partial charge in [0.15, 0.2) is 0 Å². The Hall–Kier alpha value is -1.96. The van der Waals surface area contributed by atoms with Crippen LogP contribution in [0, 0.1) is 6.92 Å². The van der Waals surface area contributed by atoms with Crippen LogP contribution in [-0.4, -0.2) is 53.1 Å². The van der Waals surface area contributed by atoms with Crippen molar-refractivity contribution in [2.24, 2.45) is 0 Å². The normalized spacial score (nSPS) is 15.6. The molecule has 0 aliphatic carbocycles. The van der Waals surface area contributed by atoms with Crippen LogP contribution in [0.2, 0.25) is 5.02 Å². The minimum absolute atomic E-state index is 0.132. The predicted octanol–water partition coefficient (Wildman–Crippen LogP) is 3.18. The molecule has 146 valence electrons. The molecule has 0 bridgehead atoms. The highest BCUT2D eigenvalue weighted by molar-refractivity contribution is 7.89. The van der Waals surface area contributed by atoms with Gasteiger partial charge >= 0.3 is 0 Å². The fraction of sp³-hybridized carbons (Fsp3) is 0.368. The van der Waals surface area contributed by atoms with Crippen LogP contribution in [0.15, 0.2) is 41.3 Å². The largest absolute Gasteiger partial charge is 0.496 e. The number of rotatable bonds is 5. The van der Waals surface area contributed by atoms with Gasteiger partial charge in [-0.15, -0.1) is 0 Å². The average Bonchev–Trinajstić information content (AvgIpc) is 2.68. The topological polar surface area (TPSA) is 59.1 Å². The van der Waals surface area contributed by atoms with Gasteiger partial charge in [0.05, 0.1) is 14.2 Å². The minimum atomic E-state index is -3.69. The number of sulfonamides is 1. The standard InChI is InChI=1S/C19H23ClN2O4S/c1-14-12-18(26-3)19(13-17(14)25-2)27(23,24)22-10-8-21(9-11-22)16-6-4-15(20)5-7-16/h4-7,12-13H,8-11H2,1-3H3. The number of anilines is 1. The van der Waals surface area contributed by atoms with Gasteiger partial charge in [0.2, 0.25) is 10.0 Å². The van der Waals surface area contributed by atoms with Crippen molar-refractivity contribution >= 4 is 27.3 Å². The molecule has 0 radical (unpaired) electrons. The quantitative estimate of drug-likeness (QED) is 0.757. The van der Waals surface area contributed by atoms with E-state index in [4.69, 9.17) is 21.1 Å². The molecule has 0 saturated carbocycles. The van der Waals surface area contributed by atoms with Crippen LogP contribution in [0.3, 0.4) is 0 Å². The van der Waals surface area contributed by atoms with Crippen molar-refractivity contribution in [1.82, 2.24) is 4.31 Å². The first-order chi connectivity index (χ1) is 12.9. The van der Waals surface area contributed by atoms with E-state index in [9.17, 15) is 8.42 Å². The first kappa shape index (κ1) is 19.8. The number of benzene rings is 2. The van der Waals surface area contributed by atoms with Gasteiger partial charge in [-0.1, -0.05) is 11.6 Å². The molecule has 0 unspecified atom stereocenters. The Labute approximate surface area is 165 Å². The molecule has 1 saturated heterocycles. The number of aryl methyl sites for hydroxylation is 1. The molecule has 0 amide bonds. The number of nitrogens with zero attached hydrogens (tertiary/aromatic N) is 2. The van der Waals surface area contributed by atoms with Gasteiger partial charge in [-0.05, 0) is 42.8 Å². The Bertz CT molecular complexity index is 908. The molecule has 0 atom stereocenters. The zero-order valence-electron chi connectivity index (χ0n) is 15.6. The molecule has 1 aliphatic rings. The van der Waals surface area contributed by atoms with Crippen LogP contribution in [-0.2, 0) is 10.0 Å². The van der Waals surface area contributed by atoms with E-state index in [-0.39, 0.29) is 4.90 Å². The van der Waals surface area contributed by atoms with Crippen molar-refractivity contribution in [3.63, 3.8) is 0 Å². The molecule has 0 aromatic heterocycles. The maximum absolute atomic E-state index is 13.2. The highest BCUT2D eigenvalue weighted by atomic mass is 35.5. The van der Waals surface area contributed by atoms with E-state index in [1.807, 2.05) is 31.2 Å². The summed E-state index contributed by atoms with van der Waals surface area (Å²) < 4.78 is 38.5. The summed E-state index contributed by atoms with van der Waals surface area (Å²) in [5.41, 5.74) is 1.85. The Balaban J connectivity index is 1.82. The van der Waals surface area contributed by atoms with E-state index in [1.54, 1.807) is 6.07 Å². The Kier molecular flexibility index (Phi) is 5.83. The summed E-state index contributed by atoms with van der Waals surface area (Å²) >= 11 is 5.94. The first-order valence-electron chi connectivity index (χ1n) is 8.60. The van der Waals surface area contributed by atoms with Crippen LogP contribution < -0.4 is 14.4 Å². The van der Waals surface area contributed by atoms with E-state index in [0.717, 1.165) is 11.3 Å². The number of hydrogen-bond donors (Lipinski definition) is 0. The summed E-state index contributed by atoms with van der Waals surface area (Å²) in [4.78, 5) is 2.28. The number of ether oxygens (including phenoxy) is 2. The molecule has 3 rings (SSSR count). The van der Waals surface area contributed by atoms with Crippen molar-refractivity contribution in [3.05, 3.63) is 47.0 Å². The Morgan fingerprint density at radius 2 is 1.52 bits per heavy atom. The lowest BCUT2D eigenvalue weighted by molar-refractivity contribution is 0.370. The lowest BCUT2D eigenvalue weighted by atomic mass is 10.2. The third-order valence-corrected chi connectivity index (χ3v) is 6.90. The fourth-order valence-corrected chi connectivity index (χ4v) is 4.90. The van der Waals surface area contributed by atoms with Crippen LogP contribution in [0.1, 0.15) is 5.56 Å². The fourth-order valence-electron chi connectivity index (χ4n) is 3.20. The lowest BCUT2D eigenvalue weighted by Crippen LogP contribution is -2.48. The molecular formula is C19H23ClN2O4S. The zero-order valence-corrected chi connectivity index (χ0v) is 17.2. The van der Waals surface area contributed by atoms with Crippen molar-refractivity contribution < 1.29 is 17.9 Å². The number of methoxy groups -OCH3 is 2. The second-order valence-corrected chi connectivity index (χ2v) is 8.68. The van der Waals surface area contributed by atoms with Gasteiger partial charge in [-0.25, -0.2) is 8.42 Å². The number of halogens is 1. The van der Waals surface area contributed by atoms with Crippen LogP contribution in [0.5, 0.6) is 11.5 Å². The molecular weight excluding hydrogens is 388 g/mol. The zero-order chi connectivity index (χ0) is 19.6. The highest BCUT2D eigenvalue weighted by Gasteiger charge is 2.31. The summed E-state index contributed by atoms with van der Waals surface area (Å²) in [5, 5.41) is 0.681. The SMILES string of the molecule is COc1cc(S(=O)(=O)N2CCN(c3ccc(Cl)cc3)CC2)c(OC)cc1C. The molecule has 0 N–H and O–H groups in total. The molecule has 8 heteroatoms.